The number of unbranched alkanes of at least 4 members (excludes halogenated alkanes) is 3. The maximum absolute atomic E-state index is 12.3. The third-order valence-electron chi connectivity index (χ3n) is 6.46. The van der Waals surface area contributed by atoms with Crippen LogP contribution in [0.15, 0.2) is 12.2 Å². The molecule has 27 heavy (non-hydrogen) atoms. The van der Waals surface area contributed by atoms with Crippen LogP contribution in [0.25, 0.3) is 0 Å². The van der Waals surface area contributed by atoms with Gasteiger partial charge in [-0.3, -0.25) is 9.59 Å². The van der Waals surface area contributed by atoms with Gasteiger partial charge in [-0.05, 0) is 56.8 Å². The number of aliphatic hydroxyl groups is 2. The monoisotopic (exact) mass is 378 g/mol. The summed E-state index contributed by atoms with van der Waals surface area (Å²) in [5.74, 6) is 1.17. The Morgan fingerprint density at radius 3 is 2.63 bits per heavy atom. The quantitative estimate of drug-likeness (QED) is 0.348. The van der Waals surface area contributed by atoms with Crippen LogP contribution in [0.2, 0.25) is 0 Å². The number of rotatable bonds is 14. The molecule has 2 aliphatic rings. The molecular formula is C23H38O4. The molecule has 2 fully saturated rings. The van der Waals surface area contributed by atoms with Gasteiger partial charge in [-0.2, -0.15) is 0 Å². The smallest absolute Gasteiger partial charge is 0.158 e. The molecule has 0 radical (unpaired) electrons. The summed E-state index contributed by atoms with van der Waals surface area (Å²) in [5, 5.41) is 19.7. The van der Waals surface area contributed by atoms with E-state index in [0.29, 0.717) is 30.5 Å². The maximum Gasteiger partial charge on any atom is 0.158 e. The standard InChI is InChI=1S/C23H38O4/c1-2-3-15-23(27,19-12-13-19)16-7-8-18-11-14-22(26)21(18)10-6-4-5-9-20(25)17-24/h7-8,18-19,21,24,27H,2-6,9-17H2,1H3/t18-,21+,23?/m0/s1. The lowest BCUT2D eigenvalue weighted by molar-refractivity contribution is -0.122. The molecule has 0 aromatic rings. The SMILES string of the molecule is CCCCC(O)(CC=C[C@H]1CCC(=O)[C@@H]1CCCCCC(=O)CO)C1CC1. The van der Waals surface area contributed by atoms with Gasteiger partial charge in [0.25, 0.3) is 0 Å². The van der Waals surface area contributed by atoms with Crippen LogP contribution in [0.1, 0.15) is 90.4 Å². The predicted octanol–water partition coefficient (Wildman–Crippen LogP) is 4.37. The molecule has 0 bridgehead atoms. The Labute approximate surface area is 164 Å². The molecule has 2 saturated carbocycles. The number of hydrogen-bond acceptors (Lipinski definition) is 4. The summed E-state index contributed by atoms with van der Waals surface area (Å²) in [7, 11) is 0. The first kappa shape index (κ1) is 22.3. The minimum Gasteiger partial charge on any atom is -0.389 e. The molecule has 0 saturated heterocycles. The van der Waals surface area contributed by atoms with Crippen LogP contribution < -0.4 is 0 Å². The van der Waals surface area contributed by atoms with Gasteiger partial charge in [0, 0.05) is 18.8 Å². The van der Waals surface area contributed by atoms with Gasteiger partial charge in [0.1, 0.15) is 12.4 Å². The number of ketones is 2. The van der Waals surface area contributed by atoms with Crippen LogP contribution in [0.4, 0.5) is 0 Å². The topological polar surface area (TPSA) is 74.6 Å². The zero-order chi connectivity index (χ0) is 19.7. The molecule has 2 aliphatic carbocycles. The highest BCUT2D eigenvalue weighted by Gasteiger charge is 2.42. The molecule has 0 heterocycles. The van der Waals surface area contributed by atoms with Crippen LogP contribution in [-0.2, 0) is 9.59 Å². The van der Waals surface area contributed by atoms with E-state index in [1.807, 2.05) is 0 Å². The molecule has 2 rings (SSSR count). The van der Waals surface area contributed by atoms with Crippen LogP contribution in [0.3, 0.4) is 0 Å². The number of aliphatic hydroxyl groups excluding tert-OH is 1. The van der Waals surface area contributed by atoms with E-state index in [-0.39, 0.29) is 18.3 Å². The van der Waals surface area contributed by atoms with Gasteiger partial charge < -0.3 is 10.2 Å². The zero-order valence-electron chi connectivity index (χ0n) is 17.0. The normalized spacial score (nSPS) is 25.2. The molecule has 154 valence electrons. The van der Waals surface area contributed by atoms with Gasteiger partial charge in [0.15, 0.2) is 5.78 Å². The van der Waals surface area contributed by atoms with E-state index in [4.69, 9.17) is 5.11 Å². The van der Waals surface area contributed by atoms with Crippen molar-refractivity contribution in [3.05, 3.63) is 12.2 Å². The van der Waals surface area contributed by atoms with E-state index in [1.54, 1.807) is 0 Å². The van der Waals surface area contributed by atoms with Crippen molar-refractivity contribution in [3.8, 4) is 0 Å². The predicted molar refractivity (Wildman–Crippen MR) is 107 cm³/mol. The van der Waals surface area contributed by atoms with Gasteiger partial charge in [-0.1, -0.05) is 44.8 Å². The first-order valence-corrected chi connectivity index (χ1v) is 11.0. The number of carbonyl (C=O) groups is 2. The van der Waals surface area contributed by atoms with Gasteiger partial charge in [-0.15, -0.1) is 0 Å². The average molecular weight is 379 g/mol. The lowest BCUT2D eigenvalue weighted by Crippen LogP contribution is -2.30. The van der Waals surface area contributed by atoms with E-state index in [0.717, 1.165) is 70.6 Å². The highest BCUT2D eigenvalue weighted by molar-refractivity contribution is 5.83. The Hall–Kier alpha value is -1.00. The third-order valence-corrected chi connectivity index (χ3v) is 6.46. The number of carbonyl (C=O) groups excluding carboxylic acids is 2. The van der Waals surface area contributed by atoms with Crippen LogP contribution in [0, 0.1) is 17.8 Å². The molecule has 0 aromatic heterocycles. The highest BCUT2D eigenvalue weighted by atomic mass is 16.3. The Balaban J connectivity index is 1.77. The summed E-state index contributed by atoms with van der Waals surface area (Å²) in [6, 6.07) is 0. The average Bonchev–Trinajstić information content (AvgIpc) is 3.46. The van der Waals surface area contributed by atoms with Gasteiger partial charge >= 0.3 is 0 Å². The Morgan fingerprint density at radius 1 is 1.19 bits per heavy atom. The second-order valence-electron chi connectivity index (χ2n) is 8.69. The van der Waals surface area contributed by atoms with Gasteiger partial charge in [-0.25, -0.2) is 0 Å². The summed E-state index contributed by atoms with van der Waals surface area (Å²) in [6.07, 6.45) is 16.1. The van der Waals surface area contributed by atoms with Gasteiger partial charge in [0.2, 0.25) is 0 Å². The van der Waals surface area contributed by atoms with E-state index in [9.17, 15) is 14.7 Å². The first-order chi connectivity index (χ1) is 13.0. The molecule has 4 nitrogen and oxygen atoms in total. The zero-order valence-corrected chi connectivity index (χ0v) is 17.0. The number of hydrogen-bond donors (Lipinski definition) is 2. The highest BCUT2D eigenvalue weighted by Crippen LogP contribution is 2.44. The molecule has 2 N–H and O–H groups in total. The largest absolute Gasteiger partial charge is 0.389 e. The summed E-state index contributed by atoms with van der Waals surface area (Å²) in [5.41, 5.74) is -0.538. The summed E-state index contributed by atoms with van der Waals surface area (Å²) in [4.78, 5) is 23.4. The fourth-order valence-corrected chi connectivity index (χ4v) is 4.51. The van der Waals surface area contributed by atoms with Crippen LogP contribution >= 0.6 is 0 Å². The molecule has 0 spiro atoms. The van der Waals surface area contributed by atoms with Crippen molar-refractivity contribution in [2.75, 3.05) is 6.61 Å². The molecule has 0 aliphatic heterocycles. The Kier molecular flexibility index (Phi) is 9.17. The molecule has 3 atom stereocenters. The van der Waals surface area contributed by atoms with Crippen molar-refractivity contribution < 1.29 is 19.8 Å². The summed E-state index contributed by atoms with van der Waals surface area (Å²) < 4.78 is 0. The van der Waals surface area contributed by atoms with E-state index >= 15 is 0 Å². The van der Waals surface area contributed by atoms with Crippen molar-refractivity contribution in [2.24, 2.45) is 17.8 Å². The van der Waals surface area contributed by atoms with E-state index in [2.05, 4.69) is 19.1 Å². The van der Waals surface area contributed by atoms with E-state index < -0.39 is 5.60 Å². The minimum atomic E-state index is -0.538. The van der Waals surface area contributed by atoms with Crippen molar-refractivity contribution in [1.29, 1.82) is 0 Å². The second-order valence-corrected chi connectivity index (χ2v) is 8.69. The summed E-state index contributed by atoms with van der Waals surface area (Å²) in [6.45, 7) is 1.80. The lowest BCUT2D eigenvalue weighted by atomic mass is 9.86. The minimum absolute atomic E-state index is 0.0982. The van der Waals surface area contributed by atoms with E-state index in [1.165, 1.54) is 0 Å². The molecular weight excluding hydrogens is 340 g/mol. The fraction of sp³-hybridized carbons (Fsp3) is 0.826. The second kappa shape index (κ2) is 11.1. The van der Waals surface area contributed by atoms with Crippen molar-refractivity contribution in [1.82, 2.24) is 0 Å². The molecule has 0 amide bonds. The van der Waals surface area contributed by atoms with Crippen molar-refractivity contribution in [3.63, 3.8) is 0 Å². The van der Waals surface area contributed by atoms with Crippen LogP contribution in [-0.4, -0.2) is 34.0 Å². The van der Waals surface area contributed by atoms with Crippen molar-refractivity contribution >= 4 is 11.6 Å². The lowest BCUT2D eigenvalue weighted by Gasteiger charge is -2.27. The molecule has 0 aromatic carbocycles. The maximum atomic E-state index is 12.3. The van der Waals surface area contributed by atoms with Crippen LogP contribution in [0.5, 0.6) is 0 Å². The Morgan fingerprint density at radius 2 is 1.96 bits per heavy atom. The fourth-order valence-electron chi connectivity index (χ4n) is 4.51. The number of allylic oxidation sites excluding steroid dienone is 1. The molecule has 4 heteroatoms. The molecule has 1 unspecified atom stereocenters. The Bertz CT molecular complexity index is 509. The summed E-state index contributed by atoms with van der Waals surface area (Å²) >= 11 is 0. The first-order valence-electron chi connectivity index (χ1n) is 11.0. The van der Waals surface area contributed by atoms with Gasteiger partial charge in [0.05, 0.1) is 5.60 Å². The number of Topliss-reactive ketones (excluding diaryl/α,β-unsaturated/α-hetero) is 2. The van der Waals surface area contributed by atoms with Crippen molar-refractivity contribution in [2.45, 2.75) is 96.0 Å². The third kappa shape index (κ3) is 7.15.